The molecule has 0 fully saturated rings. The van der Waals surface area contributed by atoms with Gasteiger partial charge in [-0.15, -0.1) is 0 Å². The number of aromatic nitrogens is 2. The van der Waals surface area contributed by atoms with Crippen LogP contribution in [0, 0.1) is 0 Å². The average Bonchev–Trinajstić information content (AvgIpc) is 2.86. The van der Waals surface area contributed by atoms with Crippen LogP contribution in [-0.2, 0) is 6.54 Å². The minimum atomic E-state index is -0.125. The first-order valence-corrected chi connectivity index (χ1v) is 5.78. The Morgan fingerprint density at radius 2 is 2.18 bits per heavy atom. The largest absolute Gasteiger partial charge is 0.485 e. The summed E-state index contributed by atoms with van der Waals surface area (Å²) in [5, 5.41) is 0. The van der Waals surface area contributed by atoms with Crippen molar-refractivity contribution in [1.82, 2.24) is 9.55 Å². The average molecular weight is 230 g/mol. The summed E-state index contributed by atoms with van der Waals surface area (Å²) in [6, 6.07) is 7.71. The third kappa shape index (κ3) is 1.75. The molecule has 0 amide bonds. The van der Waals surface area contributed by atoms with E-state index >= 15 is 0 Å². The number of hydrogen-bond donors (Lipinski definition) is 0. The van der Waals surface area contributed by atoms with E-state index in [2.05, 4.69) is 16.5 Å². The molecular weight excluding hydrogens is 216 g/mol. The smallest absolute Gasteiger partial charge is 0.190 e. The molecule has 0 spiro atoms. The van der Waals surface area contributed by atoms with Crippen LogP contribution in [0.4, 0.5) is 0 Å². The summed E-state index contributed by atoms with van der Waals surface area (Å²) < 4.78 is 13.7. The second-order valence-corrected chi connectivity index (χ2v) is 3.94. The van der Waals surface area contributed by atoms with Crippen LogP contribution in [0.1, 0.15) is 18.9 Å². The number of hydrogen-bond acceptors (Lipinski definition) is 3. The number of benzene rings is 1. The minimum absolute atomic E-state index is 0.125. The quantitative estimate of drug-likeness (QED) is 0.795. The molecule has 0 N–H and O–H groups in total. The third-order valence-corrected chi connectivity index (χ3v) is 2.88. The van der Waals surface area contributed by atoms with Crippen LogP contribution in [0.25, 0.3) is 0 Å². The fourth-order valence-corrected chi connectivity index (χ4v) is 2.02. The summed E-state index contributed by atoms with van der Waals surface area (Å²) >= 11 is 0. The lowest BCUT2D eigenvalue weighted by molar-refractivity contribution is 0.0825. The van der Waals surface area contributed by atoms with Gasteiger partial charge in [-0.1, -0.05) is 12.1 Å². The van der Waals surface area contributed by atoms with Crippen LogP contribution in [0.3, 0.4) is 0 Å². The number of fused-ring (bicyclic) bond motifs is 1. The summed E-state index contributed by atoms with van der Waals surface area (Å²) in [4.78, 5) is 4.34. The molecule has 17 heavy (non-hydrogen) atoms. The zero-order valence-corrected chi connectivity index (χ0v) is 9.67. The Morgan fingerprint density at radius 1 is 1.35 bits per heavy atom. The van der Waals surface area contributed by atoms with Gasteiger partial charge >= 0.3 is 0 Å². The lowest BCUT2D eigenvalue weighted by Crippen LogP contribution is -2.24. The number of para-hydroxylation sites is 2. The summed E-state index contributed by atoms with van der Waals surface area (Å²) in [6.45, 7) is 3.48. The van der Waals surface area contributed by atoms with E-state index in [1.54, 1.807) is 6.20 Å². The van der Waals surface area contributed by atoms with E-state index < -0.39 is 0 Å². The van der Waals surface area contributed by atoms with E-state index in [9.17, 15) is 0 Å². The van der Waals surface area contributed by atoms with Crippen molar-refractivity contribution in [2.24, 2.45) is 0 Å². The fourth-order valence-electron chi connectivity index (χ4n) is 2.02. The Balaban J connectivity index is 1.89. The maximum atomic E-state index is 5.91. The van der Waals surface area contributed by atoms with Crippen LogP contribution in [-0.4, -0.2) is 16.2 Å². The Hall–Kier alpha value is -1.97. The molecule has 2 aromatic rings. The van der Waals surface area contributed by atoms with Gasteiger partial charge in [0.1, 0.15) is 6.61 Å². The van der Waals surface area contributed by atoms with Crippen molar-refractivity contribution in [1.29, 1.82) is 0 Å². The van der Waals surface area contributed by atoms with Gasteiger partial charge in [0, 0.05) is 18.9 Å². The van der Waals surface area contributed by atoms with E-state index in [-0.39, 0.29) is 6.10 Å². The predicted molar refractivity (Wildman–Crippen MR) is 63.2 cm³/mol. The molecule has 1 aromatic carbocycles. The molecule has 3 rings (SSSR count). The minimum Gasteiger partial charge on any atom is -0.485 e. The molecule has 4 heteroatoms. The first-order chi connectivity index (χ1) is 8.38. The Bertz CT molecular complexity index is 522. The van der Waals surface area contributed by atoms with Crippen LogP contribution in [0.2, 0.25) is 0 Å². The number of ether oxygens (including phenoxy) is 2. The van der Waals surface area contributed by atoms with Crippen molar-refractivity contribution in [2.45, 2.75) is 19.6 Å². The highest BCUT2D eigenvalue weighted by molar-refractivity contribution is 5.41. The monoisotopic (exact) mass is 230 g/mol. The van der Waals surface area contributed by atoms with Crippen molar-refractivity contribution in [3.05, 3.63) is 42.5 Å². The van der Waals surface area contributed by atoms with Gasteiger partial charge in [0.2, 0.25) is 0 Å². The van der Waals surface area contributed by atoms with E-state index in [1.165, 1.54) is 0 Å². The molecule has 1 aliphatic heterocycles. The summed E-state index contributed by atoms with van der Waals surface area (Å²) in [5.74, 6) is 2.51. The first-order valence-electron chi connectivity index (χ1n) is 5.78. The van der Waals surface area contributed by atoms with Gasteiger partial charge in [-0.05, 0) is 19.1 Å². The first kappa shape index (κ1) is 10.2. The second-order valence-electron chi connectivity index (χ2n) is 3.94. The van der Waals surface area contributed by atoms with E-state index in [1.807, 2.05) is 30.5 Å². The molecule has 1 aromatic heterocycles. The molecule has 0 radical (unpaired) electrons. The van der Waals surface area contributed by atoms with E-state index in [0.29, 0.717) is 6.61 Å². The van der Waals surface area contributed by atoms with Gasteiger partial charge < -0.3 is 14.0 Å². The maximum absolute atomic E-state index is 5.91. The number of imidazole rings is 1. The fraction of sp³-hybridized carbons (Fsp3) is 0.308. The normalized spacial score (nSPS) is 18.1. The lowest BCUT2D eigenvalue weighted by Gasteiger charge is -2.26. The summed E-state index contributed by atoms with van der Waals surface area (Å²) in [5.41, 5.74) is 0. The molecule has 0 bridgehead atoms. The molecular formula is C13H14N2O2. The molecule has 1 atom stereocenters. The Morgan fingerprint density at radius 3 is 3.00 bits per heavy atom. The molecule has 1 aliphatic rings. The second kappa shape index (κ2) is 4.13. The lowest BCUT2D eigenvalue weighted by atomic mass is 10.2. The Labute approximate surface area is 99.8 Å². The highest BCUT2D eigenvalue weighted by Crippen LogP contribution is 2.35. The van der Waals surface area contributed by atoms with Gasteiger partial charge in [0.05, 0.1) is 0 Å². The van der Waals surface area contributed by atoms with Crippen LogP contribution < -0.4 is 9.47 Å². The van der Waals surface area contributed by atoms with Gasteiger partial charge in [-0.25, -0.2) is 4.98 Å². The number of nitrogens with zero attached hydrogens (tertiary/aromatic N) is 2. The van der Waals surface area contributed by atoms with Crippen molar-refractivity contribution >= 4 is 0 Å². The highest BCUT2D eigenvalue weighted by atomic mass is 16.6. The zero-order valence-electron chi connectivity index (χ0n) is 9.67. The van der Waals surface area contributed by atoms with Gasteiger partial charge in [0.25, 0.3) is 0 Å². The van der Waals surface area contributed by atoms with Crippen LogP contribution in [0.15, 0.2) is 36.7 Å². The van der Waals surface area contributed by atoms with Crippen LogP contribution in [0.5, 0.6) is 11.5 Å². The van der Waals surface area contributed by atoms with Crippen LogP contribution >= 0.6 is 0 Å². The van der Waals surface area contributed by atoms with Crippen molar-refractivity contribution in [3.8, 4) is 11.5 Å². The van der Waals surface area contributed by atoms with E-state index in [4.69, 9.17) is 9.47 Å². The summed E-state index contributed by atoms with van der Waals surface area (Å²) in [6.07, 6.45) is 3.63. The van der Waals surface area contributed by atoms with Gasteiger partial charge in [-0.3, -0.25) is 0 Å². The number of aryl methyl sites for hydroxylation is 1. The molecule has 0 aliphatic carbocycles. The van der Waals surface area contributed by atoms with Crippen molar-refractivity contribution < 1.29 is 9.47 Å². The van der Waals surface area contributed by atoms with Gasteiger partial charge in [0.15, 0.2) is 23.4 Å². The highest BCUT2D eigenvalue weighted by Gasteiger charge is 2.25. The molecule has 2 heterocycles. The van der Waals surface area contributed by atoms with Crippen molar-refractivity contribution in [2.75, 3.05) is 6.61 Å². The van der Waals surface area contributed by atoms with Crippen molar-refractivity contribution in [3.63, 3.8) is 0 Å². The standard InChI is InChI=1S/C13H14N2O2/c1-2-15-8-7-14-13(15)12-9-16-10-5-3-4-6-11(10)17-12/h3-8,12H,2,9H2,1H3/t12-/m1/s1. The van der Waals surface area contributed by atoms with E-state index in [0.717, 1.165) is 23.9 Å². The molecule has 88 valence electrons. The molecule has 4 nitrogen and oxygen atoms in total. The topological polar surface area (TPSA) is 36.3 Å². The SMILES string of the molecule is CCn1ccnc1[C@H]1COc2ccccc2O1. The predicted octanol–water partition coefficient (Wildman–Crippen LogP) is 2.42. The summed E-state index contributed by atoms with van der Waals surface area (Å²) in [7, 11) is 0. The molecule has 0 unspecified atom stereocenters. The zero-order chi connectivity index (χ0) is 11.7. The molecule has 0 saturated carbocycles. The van der Waals surface area contributed by atoms with Gasteiger partial charge in [-0.2, -0.15) is 0 Å². The number of rotatable bonds is 2. The molecule has 0 saturated heterocycles. The maximum Gasteiger partial charge on any atom is 0.190 e. The third-order valence-electron chi connectivity index (χ3n) is 2.88. The Kier molecular flexibility index (Phi) is 2.48.